The van der Waals surface area contributed by atoms with Crippen LogP contribution >= 0.6 is 0 Å². The first kappa shape index (κ1) is 31.5. The van der Waals surface area contributed by atoms with Crippen LogP contribution in [-0.4, -0.2) is 50.3 Å². The van der Waals surface area contributed by atoms with Gasteiger partial charge in [0, 0.05) is 10.8 Å². The normalized spacial score (nSPS) is 16.4. The summed E-state index contributed by atoms with van der Waals surface area (Å²) >= 11 is 0. The lowest BCUT2D eigenvalue weighted by atomic mass is 9.78. The molecule has 2 aliphatic heterocycles. The number of hydrogen-bond acceptors (Lipinski definition) is 7. The van der Waals surface area contributed by atoms with E-state index in [4.69, 9.17) is 28.4 Å². The zero-order valence-corrected chi connectivity index (χ0v) is 26.9. The highest BCUT2D eigenvalue weighted by Crippen LogP contribution is 2.35. The van der Waals surface area contributed by atoms with E-state index >= 15 is 0 Å². The van der Waals surface area contributed by atoms with Crippen LogP contribution in [0.1, 0.15) is 49.9 Å². The van der Waals surface area contributed by atoms with Crippen LogP contribution in [0.5, 0.6) is 23.0 Å². The molecule has 0 radical (unpaired) electrons. The van der Waals surface area contributed by atoms with Crippen LogP contribution in [0.4, 0.5) is 0 Å². The Labute approximate surface area is 271 Å². The van der Waals surface area contributed by atoms with Gasteiger partial charge >= 0.3 is 0 Å². The summed E-state index contributed by atoms with van der Waals surface area (Å²) in [5.74, 6) is 3.87. The van der Waals surface area contributed by atoms with E-state index in [-0.39, 0.29) is 30.1 Å². The molecule has 0 aliphatic carbocycles. The van der Waals surface area contributed by atoms with Crippen molar-refractivity contribution in [3.05, 3.63) is 131 Å². The number of rotatable bonds is 15. The van der Waals surface area contributed by atoms with Crippen molar-refractivity contribution in [3.8, 4) is 23.0 Å². The summed E-state index contributed by atoms with van der Waals surface area (Å²) in [4.78, 5) is 0. The highest BCUT2D eigenvalue weighted by Gasteiger charge is 2.26. The van der Waals surface area contributed by atoms with E-state index in [0.29, 0.717) is 24.7 Å². The molecule has 6 rings (SSSR count). The zero-order valence-electron chi connectivity index (χ0n) is 26.9. The SMILES string of the molecule is CC(C)(c1ccc(OCC(O)COc2ccc(C(C)(C)c3ccc(OC4=COC4)cc3)cc2)cc1)c1ccc(OCC2CO2)cc1. The smallest absolute Gasteiger partial charge is 0.176 e. The maximum atomic E-state index is 10.5. The van der Waals surface area contributed by atoms with Crippen LogP contribution in [-0.2, 0) is 20.3 Å². The molecule has 1 saturated heterocycles. The minimum atomic E-state index is -0.776. The molecule has 240 valence electrons. The van der Waals surface area contributed by atoms with Crippen molar-refractivity contribution in [1.29, 1.82) is 0 Å². The van der Waals surface area contributed by atoms with Crippen LogP contribution in [0.2, 0.25) is 0 Å². The second-order valence-corrected chi connectivity index (χ2v) is 12.9. The molecule has 7 heteroatoms. The Bertz CT molecular complexity index is 1600. The fourth-order valence-corrected chi connectivity index (χ4v) is 5.32. The predicted octanol–water partition coefficient (Wildman–Crippen LogP) is 7.19. The minimum absolute atomic E-state index is 0.129. The maximum absolute atomic E-state index is 10.5. The molecule has 0 aromatic heterocycles. The van der Waals surface area contributed by atoms with Gasteiger partial charge < -0.3 is 33.5 Å². The average Bonchev–Trinajstić information content (AvgIpc) is 3.89. The summed E-state index contributed by atoms with van der Waals surface area (Å²) in [7, 11) is 0. The van der Waals surface area contributed by atoms with E-state index in [1.807, 2.05) is 48.5 Å². The van der Waals surface area contributed by atoms with Crippen molar-refractivity contribution >= 4 is 0 Å². The number of hydrogen-bond donors (Lipinski definition) is 1. The number of aliphatic hydroxyl groups is 1. The van der Waals surface area contributed by atoms with Gasteiger partial charge in [-0.15, -0.1) is 0 Å². The third-order valence-corrected chi connectivity index (χ3v) is 8.72. The Morgan fingerprint density at radius 3 is 1.35 bits per heavy atom. The van der Waals surface area contributed by atoms with Crippen molar-refractivity contribution in [1.82, 2.24) is 0 Å². The number of epoxide rings is 1. The van der Waals surface area contributed by atoms with E-state index in [1.165, 1.54) is 16.7 Å². The minimum Gasteiger partial charge on any atom is -0.491 e. The van der Waals surface area contributed by atoms with Crippen molar-refractivity contribution in [2.45, 2.75) is 50.7 Å². The fourth-order valence-electron chi connectivity index (χ4n) is 5.32. The standard InChI is InChI=1S/C39H42O7/c1-38(2,29-9-17-34(18-10-29)44-25-36-26-45-36)27-5-13-32(14-6-27)42-21-31(40)22-43-33-15-7-28(8-16-33)39(3,4)30-11-19-35(20-12-30)46-37-23-41-24-37/h5-20,23,31,36,40H,21-22,24-26H2,1-4H3. The molecular weight excluding hydrogens is 580 g/mol. The van der Waals surface area contributed by atoms with Gasteiger partial charge in [0.2, 0.25) is 0 Å². The first-order valence-electron chi connectivity index (χ1n) is 15.8. The molecule has 4 aromatic carbocycles. The summed E-state index contributed by atoms with van der Waals surface area (Å²) in [5, 5.41) is 10.5. The first-order chi connectivity index (χ1) is 22.2. The molecule has 0 spiro atoms. The van der Waals surface area contributed by atoms with Crippen molar-refractivity contribution in [2.24, 2.45) is 0 Å². The van der Waals surface area contributed by atoms with E-state index in [0.717, 1.165) is 29.4 Å². The Hall–Kier alpha value is -4.46. The third-order valence-electron chi connectivity index (χ3n) is 8.72. The molecule has 2 atom stereocenters. The topological polar surface area (TPSA) is 78.9 Å². The molecule has 2 unspecified atom stereocenters. The van der Waals surface area contributed by atoms with Gasteiger partial charge in [-0.2, -0.15) is 0 Å². The van der Waals surface area contributed by atoms with E-state index < -0.39 is 6.10 Å². The van der Waals surface area contributed by atoms with Crippen LogP contribution in [0, 0.1) is 0 Å². The molecule has 0 saturated carbocycles. The number of benzene rings is 4. The number of ether oxygens (including phenoxy) is 6. The summed E-state index contributed by atoms with van der Waals surface area (Å²) in [6, 6.07) is 32.4. The quantitative estimate of drug-likeness (QED) is 0.141. The molecule has 0 bridgehead atoms. The van der Waals surface area contributed by atoms with Crippen molar-refractivity contribution < 1.29 is 33.5 Å². The summed E-state index contributed by atoms with van der Waals surface area (Å²) in [6.07, 6.45) is 1.09. The molecular formula is C39H42O7. The van der Waals surface area contributed by atoms with Gasteiger partial charge in [0.15, 0.2) is 5.76 Å². The zero-order chi connectivity index (χ0) is 32.1. The van der Waals surface area contributed by atoms with Crippen molar-refractivity contribution in [3.63, 3.8) is 0 Å². The highest BCUT2D eigenvalue weighted by atomic mass is 16.6. The molecule has 46 heavy (non-hydrogen) atoms. The Morgan fingerprint density at radius 1 is 0.630 bits per heavy atom. The Kier molecular flexibility index (Phi) is 9.24. The highest BCUT2D eigenvalue weighted by molar-refractivity contribution is 5.43. The van der Waals surface area contributed by atoms with Gasteiger partial charge in [0.1, 0.15) is 67.9 Å². The summed E-state index contributed by atoms with van der Waals surface area (Å²) in [5.41, 5.74) is 4.29. The Morgan fingerprint density at radius 2 is 1.00 bits per heavy atom. The van der Waals surface area contributed by atoms with E-state index in [1.54, 1.807) is 6.26 Å². The molecule has 2 aliphatic rings. The lowest BCUT2D eigenvalue weighted by molar-refractivity contribution is 0.0626. The third kappa shape index (κ3) is 7.66. The molecule has 0 amide bonds. The van der Waals surface area contributed by atoms with E-state index in [2.05, 4.69) is 76.2 Å². The Balaban J connectivity index is 0.959. The molecule has 1 fully saturated rings. The van der Waals surface area contributed by atoms with Crippen LogP contribution in [0.25, 0.3) is 0 Å². The van der Waals surface area contributed by atoms with Gasteiger partial charge in [-0.05, 0) is 70.8 Å². The van der Waals surface area contributed by atoms with Crippen molar-refractivity contribution in [2.75, 3.05) is 33.0 Å². The van der Waals surface area contributed by atoms with Gasteiger partial charge in [-0.25, -0.2) is 0 Å². The average molecular weight is 623 g/mol. The molecule has 4 aromatic rings. The monoisotopic (exact) mass is 622 g/mol. The summed E-state index contributed by atoms with van der Waals surface area (Å²) < 4.78 is 33.5. The second kappa shape index (κ2) is 13.5. The molecule has 1 N–H and O–H groups in total. The molecule has 7 nitrogen and oxygen atoms in total. The maximum Gasteiger partial charge on any atom is 0.176 e. The lowest BCUT2D eigenvalue weighted by Gasteiger charge is -2.27. The first-order valence-corrected chi connectivity index (χ1v) is 15.8. The van der Waals surface area contributed by atoms with Crippen LogP contribution in [0.15, 0.2) is 109 Å². The predicted molar refractivity (Wildman–Crippen MR) is 177 cm³/mol. The largest absolute Gasteiger partial charge is 0.491 e. The van der Waals surface area contributed by atoms with Gasteiger partial charge in [0.05, 0.1) is 6.61 Å². The van der Waals surface area contributed by atoms with E-state index in [9.17, 15) is 5.11 Å². The fraction of sp³-hybridized carbons (Fsp3) is 0.333. The van der Waals surface area contributed by atoms with Crippen LogP contribution < -0.4 is 18.9 Å². The molecule has 2 heterocycles. The lowest BCUT2D eigenvalue weighted by Crippen LogP contribution is -2.25. The second-order valence-electron chi connectivity index (χ2n) is 12.9. The number of aliphatic hydroxyl groups excluding tert-OH is 1. The van der Waals surface area contributed by atoms with Crippen LogP contribution in [0.3, 0.4) is 0 Å². The van der Waals surface area contributed by atoms with Gasteiger partial charge in [-0.3, -0.25) is 0 Å². The van der Waals surface area contributed by atoms with Gasteiger partial charge in [-0.1, -0.05) is 76.2 Å². The summed E-state index contributed by atoms with van der Waals surface area (Å²) in [6.45, 7) is 10.9. The van der Waals surface area contributed by atoms with Gasteiger partial charge in [0.25, 0.3) is 0 Å².